The molecule has 2 fully saturated rings. The summed E-state index contributed by atoms with van der Waals surface area (Å²) >= 11 is 0. The van der Waals surface area contributed by atoms with Crippen LogP contribution in [0.5, 0.6) is 0 Å². The van der Waals surface area contributed by atoms with Gasteiger partial charge in [-0.1, -0.05) is 0 Å². The Labute approximate surface area is 97.8 Å². The van der Waals surface area contributed by atoms with Gasteiger partial charge in [-0.2, -0.15) is 0 Å². The molecule has 0 aromatic heterocycles. The van der Waals surface area contributed by atoms with E-state index in [9.17, 15) is 4.79 Å². The Morgan fingerprint density at radius 2 is 1.50 bits per heavy atom. The van der Waals surface area contributed by atoms with E-state index in [1.54, 1.807) is 0 Å². The Hall–Kier alpha value is -0.570. The number of nitrogens with zero attached hydrogens (tertiary/aromatic N) is 1. The van der Waals surface area contributed by atoms with E-state index in [4.69, 9.17) is 5.11 Å². The molecule has 1 aliphatic heterocycles. The van der Waals surface area contributed by atoms with Crippen molar-refractivity contribution >= 4 is 5.97 Å². The minimum atomic E-state index is -0.582. The van der Waals surface area contributed by atoms with Crippen molar-refractivity contribution in [2.75, 3.05) is 20.1 Å². The Kier molecular flexibility index (Phi) is 3.85. The van der Waals surface area contributed by atoms with Crippen molar-refractivity contribution in [3.63, 3.8) is 0 Å². The zero-order valence-electron chi connectivity index (χ0n) is 10.2. The largest absolute Gasteiger partial charge is 0.481 e. The predicted molar refractivity (Wildman–Crippen MR) is 63.3 cm³/mol. The summed E-state index contributed by atoms with van der Waals surface area (Å²) in [4.78, 5) is 13.3. The molecule has 1 aliphatic carbocycles. The van der Waals surface area contributed by atoms with Crippen LogP contribution >= 0.6 is 0 Å². The van der Waals surface area contributed by atoms with Gasteiger partial charge < -0.3 is 10.0 Å². The molecule has 2 aliphatic rings. The molecule has 0 aromatic rings. The molecular weight excluding hydrogens is 202 g/mol. The summed E-state index contributed by atoms with van der Waals surface area (Å²) in [5.41, 5.74) is 0. The summed E-state index contributed by atoms with van der Waals surface area (Å²) in [6.07, 6.45) is 6.74. The first-order chi connectivity index (χ1) is 7.66. The highest BCUT2D eigenvalue weighted by molar-refractivity contribution is 5.69. The number of carboxylic acids is 1. The second-order valence-electron chi connectivity index (χ2n) is 5.59. The number of carboxylic acid groups (broad SMARTS) is 1. The Morgan fingerprint density at radius 1 is 1.00 bits per heavy atom. The number of piperidine rings is 1. The molecule has 1 saturated heterocycles. The average molecular weight is 225 g/mol. The van der Waals surface area contributed by atoms with Gasteiger partial charge in [-0.3, -0.25) is 4.79 Å². The van der Waals surface area contributed by atoms with Gasteiger partial charge in [-0.15, -0.1) is 0 Å². The van der Waals surface area contributed by atoms with E-state index in [0.29, 0.717) is 0 Å². The van der Waals surface area contributed by atoms with Crippen molar-refractivity contribution < 1.29 is 9.90 Å². The Morgan fingerprint density at radius 3 is 2.00 bits per heavy atom. The molecule has 3 heteroatoms. The van der Waals surface area contributed by atoms with E-state index in [1.807, 2.05) is 0 Å². The van der Waals surface area contributed by atoms with Crippen LogP contribution in [0.25, 0.3) is 0 Å². The topological polar surface area (TPSA) is 40.5 Å². The highest BCUT2D eigenvalue weighted by Gasteiger charge is 2.31. The van der Waals surface area contributed by atoms with E-state index in [2.05, 4.69) is 11.9 Å². The summed E-state index contributed by atoms with van der Waals surface area (Å²) in [5, 5.41) is 8.96. The van der Waals surface area contributed by atoms with Crippen molar-refractivity contribution in [2.45, 2.75) is 38.5 Å². The van der Waals surface area contributed by atoms with Crippen molar-refractivity contribution in [3.05, 3.63) is 0 Å². The minimum Gasteiger partial charge on any atom is -0.481 e. The molecule has 2 rings (SSSR count). The van der Waals surface area contributed by atoms with Gasteiger partial charge >= 0.3 is 5.97 Å². The molecule has 3 nitrogen and oxygen atoms in total. The van der Waals surface area contributed by atoms with Crippen LogP contribution in [0.4, 0.5) is 0 Å². The van der Waals surface area contributed by atoms with Crippen LogP contribution in [0, 0.1) is 17.8 Å². The third-order valence-corrected chi connectivity index (χ3v) is 4.55. The summed E-state index contributed by atoms with van der Waals surface area (Å²) in [7, 11) is 2.19. The van der Waals surface area contributed by atoms with Gasteiger partial charge in [0.15, 0.2) is 0 Å². The second kappa shape index (κ2) is 5.17. The number of carbonyl (C=O) groups is 1. The third-order valence-electron chi connectivity index (χ3n) is 4.55. The molecule has 1 N–H and O–H groups in total. The van der Waals surface area contributed by atoms with Gasteiger partial charge in [0.2, 0.25) is 0 Å². The second-order valence-corrected chi connectivity index (χ2v) is 5.59. The lowest BCUT2D eigenvalue weighted by Gasteiger charge is -2.37. The van der Waals surface area contributed by atoms with E-state index in [1.165, 1.54) is 25.9 Å². The summed E-state index contributed by atoms with van der Waals surface area (Å²) in [5.74, 6) is 1.04. The van der Waals surface area contributed by atoms with Crippen molar-refractivity contribution in [1.82, 2.24) is 4.90 Å². The monoisotopic (exact) mass is 225 g/mol. The molecule has 1 heterocycles. The predicted octanol–water partition coefficient (Wildman–Crippen LogP) is 2.22. The fourth-order valence-electron chi connectivity index (χ4n) is 3.34. The third kappa shape index (κ3) is 2.76. The molecule has 0 bridgehead atoms. The molecule has 92 valence electrons. The summed E-state index contributed by atoms with van der Waals surface area (Å²) < 4.78 is 0. The van der Waals surface area contributed by atoms with Crippen LogP contribution < -0.4 is 0 Å². The lowest BCUT2D eigenvalue weighted by molar-refractivity contribution is -0.143. The molecule has 0 radical (unpaired) electrons. The van der Waals surface area contributed by atoms with Crippen LogP contribution in [0.15, 0.2) is 0 Å². The van der Waals surface area contributed by atoms with Crippen LogP contribution in [0.1, 0.15) is 38.5 Å². The standard InChI is InChI=1S/C13H23NO2/c1-14-8-6-11(7-9-14)10-2-4-12(5-3-10)13(15)16/h10-12H,2-9H2,1H3,(H,15,16). The minimum absolute atomic E-state index is 0.0532. The van der Waals surface area contributed by atoms with Crippen LogP contribution in [0.2, 0.25) is 0 Å². The number of likely N-dealkylation sites (tertiary alicyclic amines) is 1. The molecule has 0 spiro atoms. The molecule has 0 unspecified atom stereocenters. The van der Waals surface area contributed by atoms with Gasteiger partial charge in [0, 0.05) is 0 Å². The maximum absolute atomic E-state index is 10.9. The fourth-order valence-corrected chi connectivity index (χ4v) is 3.34. The number of rotatable bonds is 2. The molecule has 0 amide bonds. The Balaban J connectivity index is 1.78. The number of hydrogen-bond acceptors (Lipinski definition) is 2. The molecule has 1 saturated carbocycles. The van der Waals surface area contributed by atoms with Gasteiger partial charge in [0.1, 0.15) is 0 Å². The van der Waals surface area contributed by atoms with Crippen molar-refractivity contribution in [2.24, 2.45) is 17.8 Å². The van der Waals surface area contributed by atoms with Crippen molar-refractivity contribution in [1.29, 1.82) is 0 Å². The first-order valence-corrected chi connectivity index (χ1v) is 6.58. The van der Waals surface area contributed by atoms with E-state index in [-0.39, 0.29) is 5.92 Å². The Bertz CT molecular complexity index is 238. The van der Waals surface area contributed by atoms with E-state index in [0.717, 1.165) is 37.5 Å². The van der Waals surface area contributed by atoms with Gasteiger partial charge in [-0.25, -0.2) is 0 Å². The summed E-state index contributed by atoms with van der Waals surface area (Å²) in [6.45, 7) is 2.45. The average Bonchev–Trinajstić information content (AvgIpc) is 2.30. The molecule has 16 heavy (non-hydrogen) atoms. The molecule has 0 aromatic carbocycles. The smallest absolute Gasteiger partial charge is 0.306 e. The fraction of sp³-hybridized carbons (Fsp3) is 0.923. The van der Waals surface area contributed by atoms with E-state index < -0.39 is 5.97 Å². The number of aliphatic carboxylic acids is 1. The quantitative estimate of drug-likeness (QED) is 0.783. The first-order valence-electron chi connectivity index (χ1n) is 6.58. The summed E-state index contributed by atoms with van der Waals surface area (Å²) in [6, 6.07) is 0. The SMILES string of the molecule is CN1CCC(C2CCC(C(=O)O)CC2)CC1. The lowest BCUT2D eigenvalue weighted by atomic mass is 9.73. The normalized spacial score (nSPS) is 33.8. The zero-order chi connectivity index (χ0) is 11.5. The van der Waals surface area contributed by atoms with Gasteiger partial charge in [0.05, 0.1) is 5.92 Å². The first kappa shape index (κ1) is 11.9. The lowest BCUT2D eigenvalue weighted by Crippen LogP contribution is -2.35. The van der Waals surface area contributed by atoms with Crippen LogP contribution in [-0.2, 0) is 4.79 Å². The van der Waals surface area contributed by atoms with Crippen molar-refractivity contribution in [3.8, 4) is 0 Å². The van der Waals surface area contributed by atoms with Crippen LogP contribution in [-0.4, -0.2) is 36.1 Å². The highest BCUT2D eigenvalue weighted by atomic mass is 16.4. The van der Waals surface area contributed by atoms with Crippen LogP contribution in [0.3, 0.4) is 0 Å². The molecule has 0 atom stereocenters. The highest BCUT2D eigenvalue weighted by Crippen LogP contribution is 2.37. The van der Waals surface area contributed by atoms with E-state index >= 15 is 0 Å². The number of hydrogen-bond donors (Lipinski definition) is 1. The van der Waals surface area contributed by atoms with Gasteiger partial charge in [-0.05, 0) is 70.5 Å². The maximum Gasteiger partial charge on any atom is 0.306 e. The maximum atomic E-state index is 10.9. The zero-order valence-corrected chi connectivity index (χ0v) is 10.2. The van der Waals surface area contributed by atoms with Gasteiger partial charge in [0.25, 0.3) is 0 Å². The molecular formula is C13H23NO2.